The van der Waals surface area contributed by atoms with Crippen molar-refractivity contribution in [3.05, 3.63) is 0 Å². The molecule has 0 aromatic carbocycles. The molecular weight excluding hydrogens is 176 g/mol. The van der Waals surface area contributed by atoms with E-state index in [1.165, 1.54) is 0 Å². The van der Waals surface area contributed by atoms with Crippen LogP contribution in [0, 0.1) is 0 Å². The zero-order valence-electron chi connectivity index (χ0n) is 9.79. The van der Waals surface area contributed by atoms with Gasteiger partial charge in [0.05, 0.1) is 12.2 Å². The van der Waals surface area contributed by atoms with Gasteiger partial charge in [0.2, 0.25) is 0 Å². The number of hydrogen-bond acceptors (Lipinski definition) is 3. The van der Waals surface area contributed by atoms with E-state index in [1.54, 1.807) is 0 Å². The van der Waals surface area contributed by atoms with E-state index >= 15 is 0 Å². The second-order valence-electron chi connectivity index (χ2n) is 5.68. The van der Waals surface area contributed by atoms with E-state index in [4.69, 9.17) is 4.74 Å². The molecule has 0 spiro atoms. The van der Waals surface area contributed by atoms with Gasteiger partial charge in [-0.3, -0.25) is 4.90 Å². The topological polar surface area (TPSA) is 15.7 Å². The van der Waals surface area contributed by atoms with E-state index in [9.17, 15) is 0 Å². The van der Waals surface area contributed by atoms with Crippen LogP contribution >= 0.6 is 0 Å². The van der Waals surface area contributed by atoms with Crippen molar-refractivity contribution in [1.29, 1.82) is 0 Å². The molecule has 14 heavy (non-hydrogen) atoms. The summed E-state index contributed by atoms with van der Waals surface area (Å²) < 4.78 is 5.93. The van der Waals surface area contributed by atoms with Crippen LogP contribution in [0.2, 0.25) is 0 Å². The molecule has 0 aromatic heterocycles. The lowest BCUT2D eigenvalue weighted by Crippen LogP contribution is -2.62. The molecule has 2 fully saturated rings. The molecule has 2 aliphatic rings. The van der Waals surface area contributed by atoms with Crippen LogP contribution in [0.4, 0.5) is 0 Å². The predicted molar refractivity (Wildman–Crippen MR) is 57.5 cm³/mol. The first kappa shape index (κ1) is 10.4. The molecule has 2 unspecified atom stereocenters. The van der Waals surface area contributed by atoms with Gasteiger partial charge in [0.25, 0.3) is 0 Å². The summed E-state index contributed by atoms with van der Waals surface area (Å²) in [5.41, 5.74) is 0.288. The summed E-state index contributed by atoms with van der Waals surface area (Å²) in [4.78, 5) is 4.94. The van der Waals surface area contributed by atoms with Crippen LogP contribution < -0.4 is 0 Å². The summed E-state index contributed by atoms with van der Waals surface area (Å²) in [6, 6.07) is 0. The number of fused-ring (bicyclic) bond motifs is 2. The average molecular weight is 198 g/mol. The van der Waals surface area contributed by atoms with Crippen LogP contribution in [0.3, 0.4) is 0 Å². The van der Waals surface area contributed by atoms with Crippen LogP contribution in [0.15, 0.2) is 0 Å². The molecule has 2 saturated heterocycles. The Balaban J connectivity index is 2.02. The highest BCUT2D eigenvalue weighted by atomic mass is 16.5. The fraction of sp³-hybridized carbons (Fsp3) is 1.00. The second kappa shape index (κ2) is 3.47. The maximum Gasteiger partial charge on any atom is 0.0833 e. The molecule has 2 rings (SSSR count). The molecule has 0 aromatic rings. The average Bonchev–Trinajstić information content (AvgIpc) is 1.99. The lowest BCUT2D eigenvalue weighted by Gasteiger charge is -2.49. The number of rotatable bonds is 0. The Bertz CT molecular complexity index is 194. The van der Waals surface area contributed by atoms with E-state index in [0.717, 1.165) is 26.2 Å². The van der Waals surface area contributed by atoms with Gasteiger partial charge in [-0.1, -0.05) is 0 Å². The van der Waals surface area contributed by atoms with Gasteiger partial charge in [0, 0.05) is 31.7 Å². The standard InChI is InChI=1S/C11H22N2O/c1-11(2,3)13-7-9-5-12(4)6-10(8-13)14-9/h9-10H,5-8H2,1-4H3. The SMILES string of the molecule is CN1CC2CN(C(C)(C)C)CC(C1)O2. The summed E-state index contributed by atoms with van der Waals surface area (Å²) >= 11 is 0. The second-order valence-corrected chi connectivity index (χ2v) is 5.68. The fourth-order valence-electron chi connectivity index (χ4n) is 2.44. The van der Waals surface area contributed by atoms with Crippen LogP contribution in [0.25, 0.3) is 0 Å². The van der Waals surface area contributed by atoms with Crippen LogP contribution in [-0.2, 0) is 4.74 Å². The van der Waals surface area contributed by atoms with Crippen molar-refractivity contribution in [3.63, 3.8) is 0 Å². The third kappa shape index (κ3) is 2.10. The normalized spacial score (nSPS) is 36.0. The minimum atomic E-state index is 0.288. The van der Waals surface area contributed by atoms with Gasteiger partial charge in [0.15, 0.2) is 0 Å². The van der Waals surface area contributed by atoms with Gasteiger partial charge in [-0.2, -0.15) is 0 Å². The van der Waals surface area contributed by atoms with E-state index in [0.29, 0.717) is 12.2 Å². The highest BCUT2D eigenvalue weighted by molar-refractivity contribution is 4.90. The zero-order chi connectivity index (χ0) is 10.3. The van der Waals surface area contributed by atoms with Crippen LogP contribution in [0.1, 0.15) is 20.8 Å². The molecule has 2 heterocycles. The molecule has 0 saturated carbocycles. The molecule has 0 radical (unpaired) electrons. The Morgan fingerprint density at radius 1 is 1.00 bits per heavy atom. The summed E-state index contributed by atoms with van der Waals surface area (Å²) in [6.45, 7) is 11.2. The van der Waals surface area contributed by atoms with Gasteiger partial charge in [0.1, 0.15) is 0 Å². The molecular formula is C11H22N2O. The molecule has 0 aliphatic carbocycles. The van der Waals surface area contributed by atoms with Crippen molar-refractivity contribution in [2.24, 2.45) is 0 Å². The van der Waals surface area contributed by atoms with E-state index in [1.807, 2.05) is 0 Å². The van der Waals surface area contributed by atoms with Gasteiger partial charge >= 0.3 is 0 Å². The lowest BCUT2D eigenvalue weighted by molar-refractivity contribution is -0.149. The van der Waals surface area contributed by atoms with Crippen molar-refractivity contribution in [1.82, 2.24) is 9.80 Å². The Morgan fingerprint density at radius 3 is 1.93 bits per heavy atom. The molecule has 3 heteroatoms. The first-order valence-electron chi connectivity index (χ1n) is 5.54. The van der Waals surface area contributed by atoms with Gasteiger partial charge < -0.3 is 9.64 Å². The largest absolute Gasteiger partial charge is 0.370 e. The number of ether oxygens (including phenoxy) is 1. The van der Waals surface area contributed by atoms with Crippen LogP contribution in [-0.4, -0.2) is 60.8 Å². The Labute approximate surface area is 87.0 Å². The van der Waals surface area contributed by atoms with Gasteiger partial charge in [-0.15, -0.1) is 0 Å². The summed E-state index contributed by atoms with van der Waals surface area (Å²) in [5.74, 6) is 0. The Morgan fingerprint density at radius 2 is 1.50 bits per heavy atom. The molecule has 82 valence electrons. The van der Waals surface area contributed by atoms with Crippen molar-refractivity contribution >= 4 is 0 Å². The zero-order valence-corrected chi connectivity index (χ0v) is 9.79. The minimum absolute atomic E-state index is 0.288. The number of hydrogen-bond donors (Lipinski definition) is 0. The first-order chi connectivity index (χ1) is 6.45. The van der Waals surface area contributed by atoms with Crippen LogP contribution in [0.5, 0.6) is 0 Å². The van der Waals surface area contributed by atoms with E-state index in [2.05, 4.69) is 37.6 Å². The molecule has 2 atom stereocenters. The number of likely N-dealkylation sites (N-methyl/N-ethyl adjacent to an activating group) is 1. The number of morpholine rings is 2. The molecule has 0 N–H and O–H groups in total. The van der Waals surface area contributed by atoms with Crippen molar-refractivity contribution in [3.8, 4) is 0 Å². The quantitative estimate of drug-likeness (QED) is 0.572. The maximum absolute atomic E-state index is 5.93. The highest BCUT2D eigenvalue weighted by Crippen LogP contribution is 2.24. The highest BCUT2D eigenvalue weighted by Gasteiger charge is 2.37. The Kier molecular flexibility index (Phi) is 2.58. The van der Waals surface area contributed by atoms with E-state index < -0.39 is 0 Å². The smallest absolute Gasteiger partial charge is 0.0833 e. The Hall–Kier alpha value is -0.120. The molecule has 2 bridgehead atoms. The predicted octanol–water partition coefficient (Wildman–Crippen LogP) is 0.800. The first-order valence-corrected chi connectivity index (χ1v) is 5.54. The lowest BCUT2D eigenvalue weighted by atomic mass is 10.0. The molecule has 2 aliphatic heterocycles. The van der Waals surface area contributed by atoms with Crippen molar-refractivity contribution in [2.75, 3.05) is 33.2 Å². The summed E-state index contributed by atoms with van der Waals surface area (Å²) in [6.07, 6.45) is 0.846. The molecule has 3 nitrogen and oxygen atoms in total. The third-order valence-electron chi connectivity index (χ3n) is 3.21. The fourth-order valence-corrected chi connectivity index (χ4v) is 2.44. The summed E-state index contributed by atoms with van der Waals surface area (Å²) in [7, 11) is 2.19. The van der Waals surface area contributed by atoms with Crippen molar-refractivity contribution in [2.45, 2.75) is 38.5 Å². The van der Waals surface area contributed by atoms with Gasteiger partial charge in [-0.25, -0.2) is 0 Å². The third-order valence-corrected chi connectivity index (χ3v) is 3.21. The number of nitrogens with zero attached hydrogens (tertiary/aromatic N) is 2. The minimum Gasteiger partial charge on any atom is -0.370 e. The van der Waals surface area contributed by atoms with Gasteiger partial charge in [-0.05, 0) is 27.8 Å². The summed E-state index contributed by atoms with van der Waals surface area (Å²) in [5, 5.41) is 0. The monoisotopic (exact) mass is 198 g/mol. The van der Waals surface area contributed by atoms with Crippen molar-refractivity contribution < 1.29 is 4.74 Å². The maximum atomic E-state index is 5.93. The van der Waals surface area contributed by atoms with E-state index in [-0.39, 0.29) is 5.54 Å². The molecule has 0 amide bonds.